The van der Waals surface area contributed by atoms with E-state index in [-0.39, 0.29) is 17.4 Å². The summed E-state index contributed by atoms with van der Waals surface area (Å²) in [6, 6.07) is 0. The normalized spacial score (nSPS) is 10.0. The van der Waals surface area contributed by atoms with E-state index in [1.54, 1.807) is 6.92 Å². The van der Waals surface area contributed by atoms with Gasteiger partial charge in [0.1, 0.15) is 5.56 Å². The van der Waals surface area contributed by atoms with Crippen molar-refractivity contribution in [3.8, 4) is 5.95 Å². The second kappa shape index (κ2) is 3.38. The van der Waals surface area contributed by atoms with Gasteiger partial charge in [-0.05, 0) is 6.42 Å². The molecule has 0 saturated carbocycles. The monoisotopic (exact) mass is 185 g/mol. The molecule has 0 radical (unpaired) electrons. The van der Waals surface area contributed by atoms with Crippen LogP contribution in [0.2, 0.25) is 0 Å². The number of aromatic carboxylic acids is 1. The van der Waals surface area contributed by atoms with Gasteiger partial charge in [0, 0.05) is 5.56 Å². The molecular formula is C8H11NO4. The van der Waals surface area contributed by atoms with Crippen molar-refractivity contribution in [2.24, 2.45) is 0 Å². The average Bonchev–Trinajstić information content (AvgIpc) is 2.41. The fourth-order valence-electron chi connectivity index (χ4n) is 1.17. The van der Waals surface area contributed by atoms with E-state index in [0.717, 1.165) is 0 Å². The van der Waals surface area contributed by atoms with Crippen LogP contribution in [-0.2, 0) is 6.42 Å². The third kappa shape index (κ3) is 1.44. The number of hydrogen-bond acceptors (Lipinski definition) is 4. The van der Waals surface area contributed by atoms with E-state index in [1.807, 2.05) is 0 Å². The molecule has 0 amide bonds. The zero-order chi connectivity index (χ0) is 10.0. The molecule has 1 rings (SSSR count). The fourth-order valence-corrected chi connectivity index (χ4v) is 1.17. The van der Waals surface area contributed by atoms with Gasteiger partial charge >= 0.3 is 11.9 Å². The molecule has 0 atom stereocenters. The van der Waals surface area contributed by atoms with Gasteiger partial charge < -0.3 is 20.0 Å². The van der Waals surface area contributed by atoms with E-state index in [9.17, 15) is 4.79 Å². The maximum atomic E-state index is 10.8. The smallest absolute Gasteiger partial charge is 0.343 e. The lowest BCUT2D eigenvalue weighted by atomic mass is 10.1. The zero-order valence-corrected chi connectivity index (χ0v) is 7.46. The molecule has 3 N–H and O–H groups in total. The van der Waals surface area contributed by atoms with Crippen LogP contribution in [0.1, 0.15) is 22.8 Å². The molecule has 1 aromatic heterocycles. The van der Waals surface area contributed by atoms with Crippen LogP contribution in [0.15, 0.2) is 4.42 Å². The molecule has 0 aliphatic carbocycles. The molecule has 0 saturated heterocycles. The third-order valence-electron chi connectivity index (χ3n) is 1.76. The average molecular weight is 185 g/mol. The number of hydrogen-bond donors (Lipinski definition) is 2. The zero-order valence-electron chi connectivity index (χ0n) is 7.46. The number of ether oxygens (including phenoxy) is 1. The molecule has 1 heterocycles. The standard InChI is InChI=1S/C8H11NO4/c1-3-4-5(7(10)11)8(12-2)13-6(4)9/h3,9H2,1-2H3,(H,10,11). The van der Waals surface area contributed by atoms with Gasteiger partial charge in [-0.25, -0.2) is 4.79 Å². The number of methoxy groups -OCH3 is 1. The van der Waals surface area contributed by atoms with Gasteiger partial charge in [0.2, 0.25) is 0 Å². The lowest BCUT2D eigenvalue weighted by molar-refractivity contribution is 0.0689. The molecule has 0 aromatic carbocycles. The Labute approximate surface area is 75.1 Å². The van der Waals surface area contributed by atoms with E-state index in [2.05, 4.69) is 0 Å². The Morgan fingerprint density at radius 1 is 1.69 bits per heavy atom. The van der Waals surface area contributed by atoms with E-state index >= 15 is 0 Å². The SMILES string of the molecule is CCc1c(N)oc(OC)c1C(=O)O. The topological polar surface area (TPSA) is 85.7 Å². The van der Waals surface area contributed by atoms with Crippen LogP contribution in [0.4, 0.5) is 5.88 Å². The molecular weight excluding hydrogens is 174 g/mol. The van der Waals surface area contributed by atoms with Crippen molar-refractivity contribution in [2.75, 3.05) is 12.8 Å². The Balaban J connectivity index is 3.32. The maximum absolute atomic E-state index is 10.8. The van der Waals surface area contributed by atoms with Gasteiger partial charge in [-0.2, -0.15) is 0 Å². The van der Waals surface area contributed by atoms with Crippen molar-refractivity contribution in [2.45, 2.75) is 13.3 Å². The first kappa shape index (κ1) is 9.44. The van der Waals surface area contributed by atoms with Gasteiger partial charge in [-0.3, -0.25) is 0 Å². The maximum Gasteiger partial charge on any atom is 0.343 e. The highest BCUT2D eigenvalue weighted by Gasteiger charge is 2.23. The molecule has 0 unspecified atom stereocenters. The molecule has 5 nitrogen and oxygen atoms in total. The fraction of sp³-hybridized carbons (Fsp3) is 0.375. The predicted octanol–water partition coefficient (Wildman–Crippen LogP) is 1.13. The van der Waals surface area contributed by atoms with Crippen LogP contribution in [0, 0.1) is 0 Å². The minimum Gasteiger partial charge on any atom is -0.477 e. The molecule has 1 aromatic rings. The van der Waals surface area contributed by atoms with Gasteiger partial charge in [-0.15, -0.1) is 0 Å². The van der Waals surface area contributed by atoms with Gasteiger partial charge in [0.05, 0.1) is 7.11 Å². The summed E-state index contributed by atoms with van der Waals surface area (Å²) < 4.78 is 9.66. The summed E-state index contributed by atoms with van der Waals surface area (Å²) >= 11 is 0. The highest BCUT2D eigenvalue weighted by molar-refractivity contribution is 5.93. The number of anilines is 1. The van der Waals surface area contributed by atoms with Crippen LogP contribution in [-0.4, -0.2) is 18.2 Å². The number of nitrogen functional groups attached to an aromatic ring is 1. The Kier molecular flexibility index (Phi) is 2.46. The highest BCUT2D eigenvalue weighted by Crippen LogP contribution is 2.31. The van der Waals surface area contributed by atoms with Gasteiger partial charge in [-0.1, -0.05) is 6.92 Å². The van der Waals surface area contributed by atoms with Gasteiger partial charge in [0.15, 0.2) is 5.88 Å². The largest absolute Gasteiger partial charge is 0.477 e. The second-order valence-electron chi connectivity index (χ2n) is 2.47. The van der Waals surface area contributed by atoms with Crippen molar-refractivity contribution in [3.05, 3.63) is 11.1 Å². The Morgan fingerprint density at radius 2 is 2.31 bits per heavy atom. The summed E-state index contributed by atoms with van der Waals surface area (Å²) in [5.41, 5.74) is 5.95. The number of carboxylic acids is 1. The minimum absolute atomic E-state index is 0.0162. The molecule has 5 heteroatoms. The lowest BCUT2D eigenvalue weighted by Gasteiger charge is -1.96. The van der Waals surface area contributed by atoms with E-state index < -0.39 is 5.97 Å². The number of nitrogens with two attached hydrogens (primary N) is 1. The first-order chi connectivity index (χ1) is 6.11. The van der Waals surface area contributed by atoms with Crippen LogP contribution in [0.5, 0.6) is 5.95 Å². The summed E-state index contributed by atoms with van der Waals surface area (Å²) in [6.07, 6.45) is 0.500. The van der Waals surface area contributed by atoms with Crippen LogP contribution >= 0.6 is 0 Å². The number of carboxylic acid groups (broad SMARTS) is 1. The Morgan fingerprint density at radius 3 is 2.69 bits per heavy atom. The quantitative estimate of drug-likeness (QED) is 0.737. The molecule has 0 spiro atoms. The van der Waals surface area contributed by atoms with Crippen LogP contribution < -0.4 is 10.5 Å². The molecule has 0 fully saturated rings. The summed E-state index contributed by atoms with van der Waals surface area (Å²) in [7, 11) is 1.34. The Bertz CT molecular complexity index is 329. The number of rotatable bonds is 3. The van der Waals surface area contributed by atoms with E-state index in [0.29, 0.717) is 12.0 Å². The van der Waals surface area contributed by atoms with Crippen LogP contribution in [0.25, 0.3) is 0 Å². The second-order valence-corrected chi connectivity index (χ2v) is 2.47. The van der Waals surface area contributed by atoms with Crippen molar-refractivity contribution < 1.29 is 19.1 Å². The number of carbonyl (C=O) groups is 1. The first-order valence-electron chi connectivity index (χ1n) is 3.80. The summed E-state index contributed by atoms with van der Waals surface area (Å²) in [5.74, 6) is -1.02. The Hall–Kier alpha value is -1.65. The minimum atomic E-state index is -1.09. The van der Waals surface area contributed by atoms with Crippen molar-refractivity contribution >= 4 is 11.9 Å². The lowest BCUT2D eigenvalue weighted by Crippen LogP contribution is -2.01. The summed E-state index contributed by atoms with van der Waals surface area (Å²) in [4.78, 5) is 10.8. The molecule has 0 aliphatic rings. The predicted molar refractivity (Wildman–Crippen MR) is 46.0 cm³/mol. The molecule has 0 aliphatic heterocycles. The molecule has 72 valence electrons. The third-order valence-corrected chi connectivity index (χ3v) is 1.76. The number of furan rings is 1. The van der Waals surface area contributed by atoms with Crippen molar-refractivity contribution in [3.63, 3.8) is 0 Å². The molecule has 0 bridgehead atoms. The molecule has 13 heavy (non-hydrogen) atoms. The van der Waals surface area contributed by atoms with Crippen molar-refractivity contribution in [1.29, 1.82) is 0 Å². The van der Waals surface area contributed by atoms with Crippen LogP contribution in [0.3, 0.4) is 0 Å². The summed E-state index contributed by atoms with van der Waals surface area (Å²) in [6.45, 7) is 1.80. The highest BCUT2D eigenvalue weighted by atomic mass is 16.6. The summed E-state index contributed by atoms with van der Waals surface area (Å²) in [5, 5.41) is 8.83. The van der Waals surface area contributed by atoms with Crippen molar-refractivity contribution in [1.82, 2.24) is 0 Å². The van der Waals surface area contributed by atoms with Gasteiger partial charge in [0.25, 0.3) is 0 Å². The van der Waals surface area contributed by atoms with E-state index in [4.69, 9.17) is 20.0 Å². The van der Waals surface area contributed by atoms with E-state index in [1.165, 1.54) is 7.11 Å². The first-order valence-corrected chi connectivity index (χ1v) is 3.80.